The van der Waals surface area contributed by atoms with Crippen LogP contribution < -0.4 is 0 Å². The SMILES string of the molecule is c1ccc(-c2ccc(-c3nc(-c4ccccc4)nc(-c4ccc5c(c4)sc4ccc6c7cccc(-n8c9ccccc9c9cc(-c%10ccccc%10)ccc98)c7n(-c7ccccc7)c6c45)n3)cc2)cc1. The molecule has 0 fully saturated rings. The molecule has 0 bridgehead atoms. The van der Waals surface area contributed by atoms with Gasteiger partial charge in [-0.15, -0.1) is 11.3 Å². The summed E-state index contributed by atoms with van der Waals surface area (Å²) >= 11 is 1.82. The van der Waals surface area contributed by atoms with Crippen LogP contribution in [0.5, 0.6) is 0 Å². The molecule has 69 heavy (non-hydrogen) atoms. The third-order valence-electron chi connectivity index (χ3n) is 13.6. The monoisotopic (exact) mass is 897 g/mol. The van der Waals surface area contributed by atoms with Crippen molar-refractivity contribution < 1.29 is 0 Å². The quantitative estimate of drug-likeness (QED) is 0.160. The van der Waals surface area contributed by atoms with Crippen molar-refractivity contribution in [2.45, 2.75) is 0 Å². The molecule has 0 saturated heterocycles. The number of aromatic nitrogens is 5. The highest BCUT2D eigenvalue weighted by atomic mass is 32.1. The summed E-state index contributed by atoms with van der Waals surface area (Å²) in [5.41, 5.74) is 14.5. The van der Waals surface area contributed by atoms with Crippen LogP contribution in [0.4, 0.5) is 0 Å². The van der Waals surface area contributed by atoms with Crippen LogP contribution in [0.2, 0.25) is 0 Å². The summed E-state index contributed by atoms with van der Waals surface area (Å²) in [5.74, 6) is 1.92. The molecule has 10 aromatic carbocycles. The van der Waals surface area contributed by atoms with Gasteiger partial charge >= 0.3 is 0 Å². The third-order valence-corrected chi connectivity index (χ3v) is 14.7. The minimum atomic E-state index is 0.639. The molecular formula is C63H39N5S. The first kappa shape index (κ1) is 39.2. The Balaban J connectivity index is 0.973. The van der Waals surface area contributed by atoms with Gasteiger partial charge in [0.2, 0.25) is 0 Å². The molecule has 14 aromatic rings. The smallest absolute Gasteiger partial charge is 0.164 e. The van der Waals surface area contributed by atoms with Crippen LogP contribution in [0, 0.1) is 0 Å². The van der Waals surface area contributed by atoms with Crippen molar-refractivity contribution in [3.63, 3.8) is 0 Å². The topological polar surface area (TPSA) is 48.5 Å². The lowest BCUT2D eigenvalue weighted by Gasteiger charge is -2.15. The minimum Gasteiger partial charge on any atom is -0.307 e. The molecule has 0 atom stereocenters. The van der Waals surface area contributed by atoms with Crippen molar-refractivity contribution in [3.05, 3.63) is 237 Å². The summed E-state index contributed by atoms with van der Waals surface area (Å²) in [4.78, 5) is 15.3. The maximum Gasteiger partial charge on any atom is 0.164 e. The Labute approximate surface area is 401 Å². The second-order valence-corrected chi connectivity index (χ2v) is 18.6. The van der Waals surface area contributed by atoms with E-state index in [4.69, 9.17) is 15.0 Å². The predicted molar refractivity (Wildman–Crippen MR) is 289 cm³/mol. The Kier molecular flexibility index (Phi) is 9.00. The summed E-state index contributed by atoms with van der Waals surface area (Å²) in [7, 11) is 0. The number of rotatable bonds is 7. The van der Waals surface area contributed by atoms with Gasteiger partial charge in [-0.25, -0.2) is 15.0 Å². The lowest BCUT2D eigenvalue weighted by atomic mass is 10.0. The standard InChI is InChI=1S/C63H39N5S/c1-5-16-40(17-6-1)42-28-30-44(31-29-42)62-64-61(43-20-9-3-10-21-43)65-63(66-62)46-32-34-51-57(39-46)69-56-37-35-50-49-25-15-27-55(59(49)67(60(50)58(51)56)47-22-11-4-12-23-47)68-53-26-14-13-24-48(53)52-38-45(33-36-54(52)68)41-18-7-2-8-19-41/h1-39H. The van der Waals surface area contributed by atoms with E-state index < -0.39 is 0 Å². The third kappa shape index (κ3) is 6.41. The molecule has 0 aliphatic rings. The lowest BCUT2D eigenvalue weighted by Crippen LogP contribution is -2.00. The normalized spacial score (nSPS) is 11.8. The number of nitrogens with zero attached hydrogens (tertiary/aromatic N) is 5. The van der Waals surface area contributed by atoms with Gasteiger partial charge in [0.15, 0.2) is 17.5 Å². The van der Waals surface area contributed by atoms with Crippen LogP contribution in [-0.4, -0.2) is 24.1 Å². The minimum absolute atomic E-state index is 0.639. The molecule has 0 amide bonds. The molecule has 4 heterocycles. The molecular weight excluding hydrogens is 859 g/mol. The van der Waals surface area contributed by atoms with E-state index in [0.29, 0.717) is 17.5 Å². The fraction of sp³-hybridized carbons (Fsp3) is 0. The molecule has 4 aromatic heterocycles. The Morgan fingerprint density at radius 2 is 0.797 bits per heavy atom. The fourth-order valence-corrected chi connectivity index (χ4v) is 11.5. The average molecular weight is 898 g/mol. The Hall–Kier alpha value is -8.97. The van der Waals surface area contributed by atoms with Crippen molar-refractivity contribution in [2.24, 2.45) is 0 Å². The molecule has 5 nitrogen and oxygen atoms in total. The first-order chi connectivity index (χ1) is 34.2. The van der Waals surface area contributed by atoms with Gasteiger partial charge in [-0.2, -0.15) is 0 Å². The molecule has 0 N–H and O–H groups in total. The second kappa shape index (κ2) is 15.8. The van der Waals surface area contributed by atoms with E-state index >= 15 is 0 Å². The Morgan fingerprint density at radius 1 is 0.290 bits per heavy atom. The van der Waals surface area contributed by atoms with Gasteiger partial charge in [0.25, 0.3) is 0 Å². The maximum absolute atomic E-state index is 5.17. The molecule has 322 valence electrons. The highest BCUT2D eigenvalue weighted by molar-refractivity contribution is 7.26. The zero-order valence-corrected chi connectivity index (χ0v) is 38.0. The number of thiophene rings is 1. The van der Waals surface area contributed by atoms with Gasteiger partial charge in [0.05, 0.1) is 27.8 Å². The number of benzene rings is 10. The van der Waals surface area contributed by atoms with Crippen molar-refractivity contribution in [1.29, 1.82) is 0 Å². The summed E-state index contributed by atoms with van der Waals surface area (Å²) in [5, 5.41) is 7.32. The highest BCUT2D eigenvalue weighted by Crippen LogP contribution is 2.46. The van der Waals surface area contributed by atoms with Crippen LogP contribution in [0.25, 0.3) is 132 Å². The summed E-state index contributed by atoms with van der Waals surface area (Å²) in [6, 6.07) is 84.5. The molecule has 0 spiro atoms. The number of fused-ring (bicyclic) bond motifs is 10. The zero-order valence-electron chi connectivity index (χ0n) is 37.2. The summed E-state index contributed by atoms with van der Waals surface area (Å²) in [6.07, 6.45) is 0. The summed E-state index contributed by atoms with van der Waals surface area (Å²) < 4.78 is 7.38. The highest BCUT2D eigenvalue weighted by Gasteiger charge is 2.24. The first-order valence-corrected chi connectivity index (χ1v) is 24.1. The van der Waals surface area contributed by atoms with Crippen LogP contribution in [0.15, 0.2) is 237 Å². The van der Waals surface area contributed by atoms with Crippen molar-refractivity contribution in [3.8, 4) is 67.8 Å². The van der Waals surface area contributed by atoms with Gasteiger partial charge in [0.1, 0.15) is 0 Å². The first-order valence-electron chi connectivity index (χ1n) is 23.3. The molecule has 0 saturated carbocycles. The van der Waals surface area contributed by atoms with E-state index in [2.05, 4.69) is 221 Å². The molecule has 0 aliphatic heterocycles. The fourth-order valence-electron chi connectivity index (χ4n) is 10.4. The Morgan fingerprint density at radius 3 is 1.52 bits per heavy atom. The van der Waals surface area contributed by atoms with E-state index in [-0.39, 0.29) is 0 Å². The van der Waals surface area contributed by atoms with E-state index in [1.54, 1.807) is 0 Å². The number of hydrogen-bond donors (Lipinski definition) is 0. The maximum atomic E-state index is 5.17. The Bertz CT molecular complexity index is 4270. The van der Waals surface area contributed by atoms with E-state index in [0.717, 1.165) is 33.6 Å². The van der Waals surface area contributed by atoms with Gasteiger partial charge in [-0.1, -0.05) is 188 Å². The molecule has 0 radical (unpaired) electrons. The van der Waals surface area contributed by atoms with Crippen LogP contribution in [-0.2, 0) is 0 Å². The van der Waals surface area contributed by atoms with E-state index in [1.807, 2.05) is 35.6 Å². The van der Waals surface area contributed by atoms with Gasteiger partial charge in [0, 0.05) is 64.1 Å². The molecule has 0 unspecified atom stereocenters. The van der Waals surface area contributed by atoms with Crippen LogP contribution in [0.1, 0.15) is 0 Å². The van der Waals surface area contributed by atoms with Crippen molar-refractivity contribution >= 4 is 75.1 Å². The largest absolute Gasteiger partial charge is 0.307 e. The van der Waals surface area contributed by atoms with Crippen molar-refractivity contribution in [2.75, 3.05) is 0 Å². The summed E-state index contributed by atoms with van der Waals surface area (Å²) in [6.45, 7) is 0. The van der Waals surface area contributed by atoms with Crippen molar-refractivity contribution in [1.82, 2.24) is 24.1 Å². The van der Waals surface area contributed by atoms with Gasteiger partial charge < -0.3 is 9.13 Å². The zero-order chi connectivity index (χ0) is 45.4. The van der Waals surface area contributed by atoms with Crippen LogP contribution >= 0.6 is 11.3 Å². The van der Waals surface area contributed by atoms with E-state index in [9.17, 15) is 0 Å². The molecule has 14 rings (SSSR count). The van der Waals surface area contributed by atoms with Gasteiger partial charge in [-0.05, 0) is 70.8 Å². The number of para-hydroxylation sites is 3. The van der Waals surface area contributed by atoms with Crippen LogP contribution in [0.3, 0.4) is 0 Å². The second-order valence-electron chi connectivity index (χ2n) is 17.6. The number of hydrogen-bond acceptors (Lipinski definition) is 4. The average Bonchev–Trinajstić information content (AvgIpc) is 4.09. The van der Waals surface area contributed by atoms with Gasteiger partial charge in [-0.3, -0.25) is 0 Å². The lowest BCUT2D eigenvalue weighted by molar-refractivity contribution is 1.07. The predicted octanol–water partition coefficient (Wildman–Crippen LogP) is 16.8. The molecule has 6 heteroatoms. The van der Waals surface area contributed by atoms with E-state index in [1.165, 1.54) is 80.5 Å². The molecule has 0 aliphatic carbocycles.